The van der Waals surface area contributed by atoms with Crippen LogP contribution in [-0.2, 0) is 17.9 Å². The summed E-state index contributed by atoms with van der Waals surface area (Å²) in [5.74, 6) is 0.658. The van der Waals surface area contributed by atoms with Gasteiger partial charge in [-0.05, 0) is 81.9 Å². The lowest BCUT2D eigenvalue weighted by atomic mass is 10.1. The number of hydrogen-bond acceptors (Lipinski definition) is 6. The lowest BCUT2D eigenvalue weighted by Gasteiger charge is -2.14. The van der Waals surface area contributed by atoms with E-state index in [4.69, 9.17) is 21.1 Å². The zero-order valence-electron chi connectivity index (χ0n) is 18.5. The monoisotopic (exact) mass is 616 g/mol. The highest BCUT2D eigenvalue weighted by atomic mass is 127. The van der Waals surface area contributed by atoms with Gasteiger partial charge in [0.25, 0.3) is 11.1 Å². The van der Waals surface area contributed by atoms with Crippen molar-refractivity contribution in [1.82, 2.24) is 4.90 Å². The summed E-state index contributed by atoms with van der Waals surface area (Å²) in [6.07, 6.45) is 1.67. The van der Waals surface area contributed by atoms with E-state index >= 15 is 0 Å². The number of nitriles is 1. The summed E-state index contributed by atoms with van der Waals surface area (Å²) >= 11 is 9.05. The molecule has 0 radical (unpaired) electrons. The Bertz CT molecular complexity index is 1390. The lowest BCUT2D eigenvalue weighted by Crippen LogP contribution is -2.27. The molecule has 9 heteroatoms. The van der Waals surface area contributed by atoms with Crippen molar-refractivity contribution >= 4 is 63.2 Å². The minimum atomic E-state index is -0.359. The Morgan fingerprint density at radius 2 is 1.94 bits per heavy atom. The second kappa shape index (κ2) is 11.2. The molecule has 0 spiro atoms. The predicted octanol–water partition coefficient (Wildman–Crippen LogP) is 6.64. The first-order chi connectivity index (χ1) is 16.9. The largest absolute Gasteiger partial charge is 0.493 e. The van der Waals surface area contributed by atoms with Crippen LogP contribution in [0.15, 0.2) is 65.6 Å². The Hall–Kier alpha value is -3.00. The highest BCUT2D eigenvalue weighted by Crippen LogP contribution is 2.38. The standard InChI is InChI=1S/C26H18ClIN2O4S/c1-33-22-11-17(10-21(28)24(22)34-15-19-7-3-2-6-18(19)13-29)12-23-25(31)30(26(32)35-23)14-16-5-4-8-20(27)9-16/h2-12H,14-15H2,1H3/b23-12-. The number of rotatable bonds is 7. The van der Waals surface area contributed by atoms with Crippen LogP contribution in [0.2, 0.25) is 5.02 Å². The van der Waals surface area contributed by atoms with Gasteiger partial charge in [0.2, 0.25) is 0 Å². The molecule has 1 aliphatic rings. The molecule has 176 valence electrons. The van der Waals surface area contributed by atoms with Crippen LogP contribution in [0.1, 0.15) is 22.3 Å². The maximum Gasteiger partial charge on any atom is 0.293 e. The molecule has 0 atom stereocenters. The number of hydrogen-bond donors (Lipinski definition) is 0. The van der Waals surface area contributed by atoms with Gasteiger partial charge in [0.1, 0.15) is 6.61 Å². The maximum absolute atomic E-state index is 12.9. The summed E-state index contributed by atoms with van der Waals surface area (Å²) in [6.45, 7) is 0.359. The average Bonchev–Trinajstić information content (AvgIpc) is 3.10. The van der Waals surface area contributed by atoms with Crippen LogP contribution in [0.3, 0.4) is 0 Å². The van der Waals surface area contributed by atoms with Crippen molar-refractivity contribution in [2.45, 2.75) is 13.2 Å². The first kappa shape index (κ1) is 25.1. The first-order valence-corrected chi connectivity index (χ1v) is 12.6. The second-order valence-electron chi connectivity index (χ2n) is 7.49. The number of methoxy groups -OCH3 is 1. The van der Waals surface area contributed by atoms with Crippen LogP contribution >= 0.6 is 46.0 Å². The Kier molecular flexibility index (Phi) is 8.00. The number of carbonyl (C=O) groups excluding carboxylic acids is 2. The lowest BCUT2D eigenvalue weighted by molar-refractivity contribution is -0.123. The van der Waals surface area contributed by atoms with E-state index in [0.717, 1.165) is 26.5 Å². The zero-order chi connectivity index (χ0) is 24.9. The van der Waals surface area contributed by atoms with Gasteiger partial charge >= 0.3 is 0 Å². The quantitative estimate of drug-likeness (QED) is 0.219. The second-order valence-corrected chi connectivity index (χ2v) is 10.1. The van der Waals surface area contributed by atoms with Gasteiger partial charge in [-0.1, -0.05) is 41.9 Å². The predicted molar refractivity (Wildman–Crippen MR) is 144 cm³/mol. The highest BCUT2D eigenvalue weighted by molar-refractivity contribution is 14.1. The van der Waals surface area contributed by atoms with Crippen LogP contribution in [0.25, 0.3) is 6.08 Å². The average molecular weight is 617 g/mol. The number of halogens is 2. The molecule has 1 heterocycles. The summed E-state index contributed by atoms with van der Waals surface area (Å²) in [5.41, 5.74) is 2.79. The van der Waals surface area contributed by atoms with E-state index < -0.39 is 0 Å². The van der Waals surface area contributed by atoms with Gasteiger partial charge in [0.15, 0.2) is 11.5 Å². The third-order valence-electron chi connectivity index (χ3n) is 5.16. The number of benzene rings is 3. The molecule has 3 aromatic rings. The van der Waals surface area contributed by atoms with Crippen molar-refractivity contribution in [3.05, 3.63) is 96.4 Å². The van der Waals surface area contributed by atoms with Crippen molar-refractivity contribution < 1.29 is 19.1 Å². The summed E-state index contributed by atoms with van der Waals surface area (Å²) in [6, 6.07) is 20.1. The van der Waals surface area contributed by atoms with Crippen molar-refractivity contribution in [3.8, 4) is 17.6 Å². The normalized spacial score (nSPS) is 14.3. The van der Waals surface area contributed by atoms with Gasteiger partial charge < -0.3 is 9.47 Å². The number of nitrogens with zero attached hydrogens (tertiary/aromatic N) is 2. The fourth-order valence-corrected chi connectivity index (χ4v) is 5.31. The summed E-state index contributed by atoms with van der Waals surface area (Å²) < 4.78 is 12.3. The van der Waals surface area contributed by atoms with E-state index in [1.165, 1.54) is 12.0 Å². The van der Waals surface area contributed by atoms with Crippen molar-refractivity contribution in [1.29, 1.82) is 5.26 Å². The summed E-state index contributed by atoms with van der Waals surface area (Å²) in [4.78, 5) is 27.0. The van der Waals surface area contributed by atoms with Crippen LogP contribution in [0.4, 0.5) is 4.79 Å². The Labute approximate surface area is 225 Å². The van der Waals surface area contributed by atoms with Crippen molar-refractivity contribution in [2.75, 3.05) is 7.11 Å². The van der Waals surface area contributed by atoms with E-state index in [9.17, 15) is 14.9 Å². The van der Waals surface area contributed by atoms with Crippen LogP contribution < -0.4 is 9.47 Å². The Morgan fingerprint density at radius 1 is 1.14 bits per heavy atom. The fourth-order valence-electron chi connectivity index (χ4n) is 3.47. The van der Waals surface area contributed by atoms with Gasteiger partial charge in [0.05, 0.1) is 33.8 Å². The summed E-state index contributed by atoms with van der Waals surface area (Å²) in [7, 11) is 1.53. The molecule has 6 nitrogen and oxygen atoms in total. The van der Waals surface area contributed by atoms with Crippen LogP contribution in [0, 0.1) is 14.9 Å². The third-order valence-corrected chi connectivity index (χ3v) is 7.11. The molecule has 0 saturated carbocycles. The van der Waals surface area contributed by atoms with E-state index in [1.807, 2.05) is 24.3 Å². The molecule has 0 N–H and O–H groups in total. The molecule has 1 fully saturated rings. The first-order valence-electron chi connectivity index (χ1n) is 10.4. The molecule has 0 aliphatic carbocycles. The molecule has 35 heavy (non-hydrogen) atoms. The van der Waals surface area contributed by atoms with Gasteiger partial charge in [-0.2, -0.15) is 5.26 Å². The molecule has 0 aromatic heterocycles. The fraction of sp³-hybridized carbons (Fsp3) is 0.115. The Morgan fingerprint density at radius 3 is 2.69 bits per heavy atom. The topological polar surface area (TPSA) is 79.6 Å². The van der Waals surface area contributed by atoms with Crippen molar-refractivity contribution in [3.63, 3.8) is 0 Å². The minimum absolute atomic E-state index is 0.153. The van der Waals surface area contributed by atoms with Crippen LogP contribution in [-0.4, -0.2) is 23.2 Å². The molecule has 4 rings (SSSR count). The van der Waals surface area contributed by atoms with Crippen LogP contribution in [0.5, 0.6) is 11.5 Å². The van der Waals surface area contributed by atoms with Gasteiger partial charge in [-0.3, -0.25) is 14.5 Å². The zero-order valence-corrected chi connectivity index (χ0v) is 22.2. The maximum atomic E-state index is 12.9. The van der Waals surface area contributed by atoms with E-state index in [-0.39, 0.29) is 24.3 Å². The minimum Gasteiger partial charge on any atom is -0.493 e. The third kappa shape index (κ3) is 5.81. The molecule has 0 bridgehead atoms. The number of amides is 2. The number of ether oxygens (including phenoxy) is 2. The van der Waals surface area contributed by atoms with E-state index in [0.29, 0.717) is 32.6 Å². The van der Waals surface area contributed by atoms with Gasteiger partial charge in [-0.25, -0.2) is 0 Å². The number of carbonyl (C=O) groups is 2. The smallest absolute Gasteiger partial charge is 0.293 e. The number of thioether (sulfide) groups is 1. The summed E-state index contributed by atoms with van der Waals surface area (Å²) in [5, 5.41) is 9.51. The van der Waals surface area contributed by atoms with Crippen molar-refractivity contribution in [2.24, 2.45) is 0 Å². The molecule has 0 unspecified atom stereocenters. The van der Waals surface area contributed by atoms with E-state index in [1.54, 1.807) is 42.5 Å². The molecular formula is C26H18ClIN2O4S. The molecule has 3 aromatic carbocycles. The number of imide groups is 1. The highest BCUT2D eigenvalue weighted by Gasteiger charge is 2.35. The van der Waals surface area contributed by atoms with E-state index in [2.05, 4.69) is 28.7 Å². The Balaban J connectivity index is 1.55. The molecule has 2 amide bonds. The molecule has 1 aliphatic heterocycles. The molecule has 1 saturated heterocycles. The van der Waals surface area contributed by atoms with Gasteiger partial charge in [-0.15, -0.1) is 0 Å². The SMILES string of the molecule is COc1cc(/C=C2\SC(=O)N(Cc3cccc(Cl)c3)C2=O)cc(I)c1OCc1ccccc1C#N. The van der Waals surface area contributed by atoms with Gasteiger partial charge in [0, 0.05) is 10.6 Å². The molecular weight excluding hydrogens is 599 g/mol.